The van der Waals surface area contributed by atoms with Crippen LogP contribution in [0.5, 0.6) is 0 Å². The third-order valence-corrected chi connectivity index (χ3v) is 3.27. The Balaban J connectivity index is 2.15. The molecule has 0 bridgehead atoms. The third kappa shape index (κ3) is 3.38. The van der Waals surface area contributed by atoms with E-state index in [-0.39, 0.29) is 5.91 Å². The average molecular weight is 268 g/mol. The van der Waals surface area contributed by atoms with Gasteiger partial charge in [-0.1, -0.05) is 24.3 Å². The summed E-state index contributed by atoms with van der Waals surface area (Å²) in [5, 5.41) is 0. The van der Waals surface area contributed by atoms with Crippen molar-refractivity contribution in [1.82, 2.24) is 0 Å². The molecule has 0 saturated heterocycles. The molecule has 2 rings (SSSR count). The predicted octanol–water partition coefficient (Wildman–Crippen LogP) is 3.17. The Morgan fingerprint density at radius 2 is 1.85 bits per heavy atom. The number of nitrogens with zero attached hydrogens (tertiary/aromatic N) is 1. The molecule has 2 aromatic carbocycles. The second-order valence-electron chi connectivity index (χ2n) is 4.90. The first-order valence-electron chi connectivity index (χ1n) is 6.81. The first-order valence-corrected chi connectivity index (χ1v) is 6.81. The molecule has 2 aromatic rings. The summed E-state index contributed by atoms with van der Waals surface area (Å²) in [6, 6.07) is 15.5. The number of rotatable bonds is 4. The number of carbonyl (C=O) groups excluding carboxylic acids is 1. The molecule has 2 N–H and O–H groups in total. The largest absolute Gasteiger partial charge is 0.399 e. The number of benzene rings is 2. The van der Waals surface area contributed by atoms with E-state index in [9.17, 15) is 4.79 Å². The highest BCUT2D eigenvalue weighted by Gasteiger charge is 2.14. The van der Waals surface area contributed by atoms with E-state index in [0.29, 0.717) is 18.7 Å². The topological polar surface area (TPSA) is 46.3 Å². The van der Waals surface area contributed by atoms with Gasteiger partial charge in [0.1, 0.15) is 0 Å². The fourth-order valence-electron chi connectivity index (χ4n) is 2.20. The minimum Gasteiger partial charge on any atom is -0.399 e. The molecule has 0 saturated carbocycles. The summed E-state index contributed by atoms with van der Waals surface area (Å²) in [4.78, 5) is 14.2. The van der Waals surface area contributed by atoms with Crippen LogP contribution in [0, 0.1) is 6.92 Å². The van der Waals surface area contributed by atoms with Gasteiger partial charge in [-0.2, -0.15) is 0 Å². The van der Waals surface area contributed by atoms with E-state index in [1.807, 2.05) is 67.3 Å². The first kappa shape index (κ1) is 14.1. The smallest absolute Gasteiger partial charge is 0.231 e. The van der Waals surface area contributed by atoms with Gasteiger partial charge in [-0.05, 0) is 49.2 Å². The molecule has 0 fully saturated rings. The number of aryl methyl sites for hydroxylation is 1. The van der Waals surface area contributed by atoms with E-state index in [0.717, 1.165) is 16.8 Å². The summed E-state index contributed by atoms with van der Waals surface area (Å²) in [6.07, 6.45) is 0.391. The van der Waals surface area contributed by atoms with Crippen LogP contribution in [0.2, 0.25) is 0 Å². The quantitative estimate of drug-likeness (QED) is 0.866. The van der Waals surface area contributed by atoms with Gasteiger partial charge in [0.2, 0.25) is 5.91 Å². The van der Waals surface area contributed by atoms with Crippen LogP contribution in [0.25, 0.3) is 0 Å². The Bertz CT molecular complexity index is 590. The van der Waals surface area contributed by atoms with Crippen LogP contribution in [0.3, 0.4) is 0 Å². The molecule has 1 amide bonds. The van der Waals surface area contributed by atoms with Gasteiger partial charge in [0.15, 0.2) is 0 Å². The Kier molecular flexibility index (Phi) is 4.41. The summed E-state index contributed by atoms with van der Waals surface area (Å²) >= 11 is 0. The average Bonchev–Trinajstić information content (AvgIpc) is 2.42. The second-order valence-corrected chi connectivity index (χ2v) is 4.90. The number of hydrogen-bond acceptors (Lipinski definition) is 2. The van der Waals surface area contributed by atoms with E-state index >= 15 is 0 Å². The minimum absolute atomic E-state index is 0.0999. The SMILES string of the molecule is CCN(C(=O)Cc1ccc(N)cc1)c1cccc(C)c1. The molecule has 0 heterocycles. The number of likely N-dealkylation sites (N-methyl/N-ethyl adjacent to an activating group) is 1. The van der Waals surface area contributed by atoms with E-state index in [4.69, 9.17) is 5.73 Å². The fraction of sp³-hybridized carbons (Fsp3) is 0.235. The van der Waals surface area contributed by atoms with Crippen LogP contribution in [0.1, 0.15) is 18.1 Å². The highest BCUT2D eigenvalue weighted by Crippen LogP contribution is 2.17. The van der Waals surface area contributed by atoms with Crippen molar-refractivity contribution in [2.75, 3.05) is 17.2 Å². The van der Waals surface area contributed by atoms with Crippen molar-refractivity contribution in [2.24, 2.45) is 0 Å². The van der Waals surface area contributed by atoms with Gasteiger partial charge in [0, 0.05) is 17.9 Å². The zero-order valence-electron chi connectivity index (χ0n) is 12.0. The summed E-state index contributed by atoms with van der Waals surface area (Å²) in [7, 11) is 0. The number of amides is 1. The van der Waals surface area contributed by atoms with Crippen molar-refractivity contribution < 1.29 is 4.79 Å². The minimum atomic E-state index is 0.0999. The zero-order valence-corrected chi connectivity index (χ0v) is 12.0. The summed E-state index contributed by atoms with van der Waals surface area (Å²) < 4.78 is 0. The maximum absolute atomic E-state index is 12.4. The predicted molar refractivity (Wildman–Crippen MR) is 83.8 cm³/mol. The van der Waals surface area contributed by atoms with Crippen molar-refractivity contribution in [3.63, 3.8) is 0 Å². The van der Waals surface area contributed by atoms with Crippen molar-refractivity contribution in [3.8, 4) is 0 Å². The van der Waals surface area contributed by atoms with Gasteiger partial charge in [0.25, 0.3) is 0 Å². The lowest BCUT2D eigenvalue weighted by Gasteiger charge is -2.21. The van der Waals surface area contributed by atoms with Crippen LogP contribution in [-0.2, 0) is 11.2 Å². The molecule has 0 spiro atoms. The molecule has 0 aromatic heterocycles. The normalized spacial score (nSPS) is 10.3. The van der Waals surface area contributed by atoms with Gasteiger partial charge in [-0.3, -0.25) is 4.79 Å². The molecule has 0 aliphatic carbocycles. The molecule has 0 unspecified atom stereocenters. The van der Waals surface area contributed by atoms with Gasteiger partial charge in [0.05, 0.1) is 6.42 Å². The second kappa shape index (κ2) is 6.24. The highest BCUT2D eigenvalue weighted by molar-refractivity contribution is 5.94. The van der Waals surface area contributed by atoms with E-state index < -0.39 is 0 Å². The van der Waals surface area contributed by atoms with Gasteiger partial charge >= 0.3 is 0 Å². The Hall–Kier alpha value is -2.29. The van der Waals surface area contributed by atoms with E-state index in [1.54, 1.807) is 0 Å². The summed E-state index contributed by atoms with van der Waals surface area (Å²) in [5.74, 6) is 0.0999. The van der Waals surface area contributed by atoms with E-state index in [1.165, 1.54) is 0 Å². The molecule has 3 heteroatoms. The van der Waals surface area contributed by atoms with Crippen LogP contribution in [0.15, 0.2) is 48.5 Å². The number of nitrogens with two attached hydrogens (primary N) is 1. The zero-order chi connectivity index (χ0) is 14.5. The molecular formula is C17H20N2O. The number of nitrogen functional groups attached to an aromatic ring is 1. The monoisotopic (exact) mass is 268 g/mol. The molecular weight excluding hydrogens is 248 g/mol. The van der Waals surface area contributed by atoms with Gasteiger partial charge in [-0.25, -0.2) is 0 Å². The molecule has 104 valence electrons. The molecule has 3 nitrogen and oxygen atoms in total. The molecule has 20 heavy (non-hydrogen) atoms. The molecule has 0 aliphatic heterocycles. The van der Waals surface area contributed by atoms with Crippen LogP contribution in [0.4, 0.5) is 11.4 Å². The van der Waals surface area contributed by atoms with Crippen LogP contribution < -0.4 is 10.6 Å². The maximum Gasteiger partial charge on any atom is 0.231 e. The Morgan fingerprint density at radius 1 is 1.15 bits per heavy atom. The lowest BCUT2D eigenvalue weighted by atomic mass is 10.1. The van der Waals surface area contributed by atoms with Crippen molar-refractivity contribution in [1.29, 1.82) is 0 Å². The number of anilines is 2. The molecule has 0 radical (unpaired) electrons. The fourth-order valence-corrected chi connectivity index (χ4v) is 2.20. The summed E-state index contributed by atoms with van der Waals surface area (Å²) in [6.45, 7) is 4.68. The van der Waals surface area contributed by atoms with Crippen molar-refractivity contribution in [3.05, 3.63) is 59.7 Å². The number of carbonyl (C=O) groups is 1. The highest BCUT2D eigenvalue weighted by atomic mass is 16.2. The van der Waals surface area contributed by atoms with E-state index in [2.05, 4.69) is 0 Å². The standard InChI is InChI=1S/C17H20N2O/c1-3-19(16-6-4-5-13(2)11-16)17(20)12-14-7-9-15(18)10-8-14/h4-11H,3,12,18H2,1-2H3. The lowest BCUT2D eigenvalue weighted by Crippen LogP contribution is -2.32. The van der Waals surface area contributed by atoms with Crippen molar-refractivity contribution >= 4 is 17.3 Å². The Labute approximate surface area is 120 Å². The van der Waals surface area contributed by atoms with Crippen LogP contribution >= 0.6 is 0 Å². The van der Waals surface area contributed by atoms with Gasteiger partial charge < -0.3 is 10.6 Å². The van der Waals surface area contributed by atoms with Gasteiger partial charge in [-0.15, -0.1) is 0 Å². The van der Waals surface area contributed by atoms with Crippen LogP contribution in [-0.4, -0.2) is 12.5 Å². The number of hydrogen-bond donors (Lipinski definition) is 1. The third-order valence-electron chi connectivity index (χ3n) is 3.27. The lowest BCUT2D eigenvalue weighted by molar-refractivity contribution is -0.117. The Morgan fingerprint density at radius 3 is 2.45 bits per heavy atom. The summed E-state index contributed by atoms with van der Waals surface area (Å²) in [5.41, 5.74) is 9.46. The molecule has 0 aliphatic rings. The first-order chi connectivity index (χ1) is 9.60. The van der Waals surface area contributed by atoms with Crippen molar-refractivity contribution in [2.45, 2.75) is 20.3 Å². The maximum atomic E-state index is 12.4. The molecule has 0 atom stereocenters.